The fourth-order valence-corrected chi connectivity index (χ4v) is 2.37. The van der Waals surface area contributed by atoms with Crippen LogP contribution in [0, 0.1) is 0 Å². The largest absolute Gasteiger partial charge is 0.380 e. The second kappa shape index (κ2) is 6.91. The Labute approximate surface area is 126 Å². The second-order valence-electron chi connectivity index (χ2n) is 5.63. The fourth-order valence-electron chi connectivity index (χ4n) is 2.37. The van der Waals surface area contributed by atoms with Crippen molar-refractivity contribution in [1.29, 1.82) is 0 Å². The Balaban J connectivity index is 1.94. The van der Waals surface area contributed by atoms with Crippen LogP contribution in [0.3, 0.4) is 0 Å². The lowest BCUT2D eigenvalue weighted by molar-refractivity contribution is -0.0860. The molecule has 1 heterocycles. The number of benzene rings is 1. The quantitative estimate of drug-likeness (QED) is 0.928. The minimum Gasteiger partial charge on any atom is -0.380 e. The van der Waals surface area contributed by atoms with Gasteiger partial charge in [0, 0.05) is 19.3 Å². The number of carbonyl (C=O) groups is 1. The molecule has 1 aromatic rings. The third-order valence-corrected chi connectivity index (χ3v) is 3.89. The molecule has 1 aliphatic rings. The number of methoxy groups -OCH3 is 1. The van der Waals surface area contributed by atoms with Crippen LogP contribution < -0.4 is 5.32 Å². The third kappa shape index (κ3) is 4.19. The molecule has 1 saturated heterocycles. The van der Waals surface area contributed by atoms with Crippen molar-refractivity contribution in [3.05, 3.63) is 29.8 Å². The monoisotopic (exact) mass is 292 g/mol. The summed E-state index contributed by atoms with van der Waals surface area (Å²) in [6.07, 6.45) is 0.891. The van der Waals surface area contributed by atoms with Crippen LogP contribution in [0.2, 0.25) is 0 Å². The van der Waals surface area contributed by atoms with Gasteiger partial charge in [-0.05, 0) is 31.0 Å². The van der Waals surface area contributed by atoms with E-state index in [4.69, 9.17) is 9.47 Å². The Morgan fingerprint density at radius 2 is 2.14 bits per heavy atom. The van der Waals surface area contributed by atoms with Gasteiger partial charge >= 0.3 is 6.03 Å². The molecular weight excluding hydrogens is 268 g/mol. The first-order valence-corrected chi connectivity index (χ1v) is 7.34. The average molecular weight is 292 g/mol. The molecule has 5 heteroatoms. The van der Waals surface area contributed by atoms with Gasteiger partial charge < -0.3 is 19.7 Å². The number of nitrogens with zero attached hydrogens (tertiary/aromatic N) is 1. The maximum Gasteiger partial charge on any atom is 0.322 e. The first kappa shape index (κ1) is 15.8. The zero-order valence-corrected chi connectivity index (χ0v) is 13.0. The SMILES string of the molecule is CC[C@@]1(C)CN(C(=O)Nc2ccc(COC)cc2)CCO1. The number of rotatable bonds is 4. The van der Waals surface area contributed by atoms with Crippen molar-refractivity contribution in [3.8, 4) is 0 Å². The number of ether oxygens (including phenoxy) is 2. The number of anilines is 1. The molecule has 21 heavy (non-hydrogen) atoms. The summed E-state index contributed by atoms with van der Waals surface area (Å²) in [6.45, 7) is 6.54. The summed E-state index contributed by atoms with van der Waals surface area (Å²) in [7, 11) is 1.67. The van der Waals surface area contributed by atoms with Gasteiger partial charge in [-0.25, -0.2) is 4.79 Å². The normalized spacial score (nSPS) is 22.1. The molecule has 0 aliphatic carbocycles. The molecule has 1 aromatic carbocycles. The van der Waals surface area contributed by atoms with Gasteiger partial charge in [0.1, 0.15) is 0 Å². The van der Waals surface area contributed by atoms with Crippen LogP contribution in [-0.4, -0.2) is 43.3 Å². The summed E-state index contributed by atoms with van der Waals surface area (Å²) < 4.78 is 10.8. The second-order valence-corrected chi connectivity index (χ2v) is 5.63. The van der Waals surface area contributed by atoms with E-state index in [0.717, 1.165) is 17.7 Å². The Morgan fingerprint density at radius 3 is 2.76 bits per heavy atom. The molecule has 0 radical (unpaired) electrons. The molecule has 1 fully saturated rings. The Bertz CT molecular complexity index is 475. The summed E-state index contributed by atoms with van der Waals surface area (Å²) >= 11 is 0. The molecule has 0 bridgehead atoms. The number of urea groups is 1. The van der Waals surface area contributed by atoms with Crippen molar-refractivity contribution in [3.63, 3.8) is 0 Å². The van der Waals surface area contributed by atoms with Crippen LogP contribution in [0.1, 0.15) is 25.8 Å². The molecule has 116 valence electrons. The molecule has 2 amide bonds. The van der Waals surface area contributed by atoms with Crippen molar-refractivity contribution in [2.24, 2.45) is 0 Å². The van der Waals surface area contributed by atoms with Gasteiger partial charge in [0.15, 0.2) is 0 Å². The van der Waals surface area contributed by atoms with Gasteiger partial charge in [-0.15, -0.1) is 0 Å². The first-order valence-electron chi connectivity index (χ1n) is 7.34. The summed E-state index contributed by atoms with van der Waals surface area (Å²) in [5.41, 5.74) is 1.64. The summed E-state index contributed by atoms with van der Waals surface area (Å²) in [4.78, 5) is 14.1. The smallest absolute Gasteiger partial charge is 0.322 e. The Hall–Kier alpha value is -1.59. The standard InChI is InChI=1S/C16H24N2O3/c1-4-16(2)12-18(9-10-21-16)15(19)17-14-7-5-13(6-8-14)11-20-3/h5-8H,4,9-12H2,1-3H3,(H,17,19)/t16-/m0/s1. The average Bonchev–Trinajstić information content (AvgIpc) is 2.49. The van der Waals surface area contributed by atoms with E-state index in [1.165, 1.54) is 0 Å². The van der Waals surface area contributed by atoms with E-state index in [-0.39, 0.29) is 11.6 Å². The molecule has 5 nitrogen and oxygen atoms in total. The lowest BCUT2D eigenvalue weighted by atomic mass is 10.0. The highest BCUT2D eigenvalue weighted by molar-refractivity contribution is 5.89. The summed E-state index contributed by atoms with van der Waals surface area (Å²) in [6, 6.07) is 7.62. The van der Waals surface area contributed by atoms with E-state index in [1.807, 2.05) is 36.1 Å². The number of hydrogen-bond acceptors (Lipinski definition) is 3. The molecule has 0 aromatic heterocycles. The fraction of sp³-hybridized carbons (Fsp3) is 0.562. The van der Waals surface area contributed by atoms with E-state index in [9.17, 15) is 4.79 Å². The number of morpholine rings is 1. The van der Waals surface area contributed by atoms with Gasteiger partial charge in [0.05, 0.1) is 25.4 Å². The van der Waals surface area contributed by atoms with E-state index in [0.29, 0.717) is 26.3 Å². The van der Waals surface area contributed by atoms with Crippen LogP contribution in [0.4, 0.5) is 10.5 Å². The highest BCUT2D eigenvalue weighted by atomic mass is 16.5. The van der Waals surface area contributed by atoms with Crippen LogP contribution in [-0.2, 0) is 16.1 Å². The van der Waals surface area contributed by atoms with Crippen molar-refractivity contribution < 1.29 is 14.3 Å². The maximum atomic E-state index is 12.3. The molecule has 1 atom stereocenters. The van der Waals surface area contributed by atoms with Gasteiger partial charge in [-0.2, -0.15) is 0 Å². The molecule has 0 spiro atoms. The predicted octanol–water partition coefficient (Wildman–Crippen LogP) is 2.87. The van der Waals surface area contributed by atoms with Crippen molar-refractivity contribution >= 4 is 11.7 Å². The lowest BCUT2D eigenvalue weighted by Crippen LogP contribution is -2.53. The predicted molar refractivity (Wildman–Crippen MR) is 82.4 cm³/mol. The Morgan fingerprint density at radius 1 is 1.43 bits per heavy atom. The van der Waals surface area contributed by atoms with Gasteiger partial charge in [0.25, 0.3) is 0 Å². The summed E-state index contributed by atoms with van der Waals surface area (Å²) in [5, 5.41) is 2.93. The molecule has 2 rings (SSSR count). The zero-order valence-electron chi connectivity index (χ0n) is 13.0. The van der Waals surface area contributed by atoms with Crippen LogP contribution in [0.25, 0.3) is 0 Å². The van der Waals surface area contributed by atoms with E-state index < -0.39 is 0 Å². The maximum absolute atomic E-state index is 12.3. The van der Waals surface area contributed by atoms with Crippen molar-refractivity contribution in [1.82, 2.24) is 4.90 Å². The summed E-state index contributed by atoms with van der Waals surface area (Å²) in [5.74, 6) is 0. The topological polar surface area (TPSA) is 50.8 Å². The van der Waals surface area contributed by atoms with Crippen molar-refractivity contribution in [2.75, 3.05) is 32.1 Å². The molecular formula is C16H24N2O3. The van der Waals surface area contributed by atoms with E-state index in [2.05, 4.69) is 12.2 Å². The Kier molecular flexibility index (Phi) is 5.20. The molecule has 1 N–H and O–H groups in total. The van der Waals surface area contributed by atoms with Gasteiger partial charge in [-0.3, -0.25) is 0 Å². The third-order valence-electron chi connectivity index (χ3n) is 3.89. The minimum absolute atomic E-state index is 0.0718. The highest BCUT2D eigenvalue weighted by Crippen LogP contribution is 2.21. The number of hydrogen-bond donors (Lipinski definition) is 1. The van der Waals surface area contributed by atoms with Crippen LogP contribution >= 0.6 is 0 Å². The first-order chi connectivity index (χ1) is 10.1. The molecule has 1 aliphatic heterocycles. The molecule has 0 unspecified atom stereocenters. The lowest BCUT2D eigenvalue weighted by Gasteiger charge is -2.39. The number of carbonyl (C=O) groups excluding carboxylic acids is 1. The van der Waals surface area contributed by atoms with Crippen LogP contribution in [0.5, 0.6) is 0 Å². The van der Waals surface area contributed by atoms with E-state index in [1.54, 1.807) is 7.11 Å². The van der Waals surface area contributed by atoms with Crippen molar-refractivity contribution in [2.45, 2.75) is 32.5 Å². The number of amides is 2. The highest BCUT2D eigenvalue weighted by Gasteiger charge is 2.32. The zero-order chi connectivity index (χ0) is 15.3. The molecule has 0 saturated carbocycles. The van der Waals surface area contributed by atoms with E-state index >= 15 is 0 Å². The van der Waals surface area contributed by atoms with Gasteiger partial charge in [0.2, 0.25) is 0 Å². The van der Waals surface area contributed by atoms with Gasteiger partial charge in [-0.1, -0.05) is 19.1 Å². The minimum atomic E-state index is -0.238. The van der Waals surface area contributed by atoms with Crippen LogP contribution in [0.15, 0.2) is 24.3 Å². The number of nitrogens with one attached hydrogen (secondary N) is 1.